The fourth-order valence-corrected chi connectivity index (χ4v) is 6.70. The summed E-state index contributed by atoms with van der Waals surface area (Å²) in [7, 11) is 1.41. The Hall–Kier alpha value is -3.02. The Morgan fingerprint density at radius 3 is 2.67 bits per heavy atom. The summed E-state index contributed by atoms with van der Waals surface area (Å²) in [5, 5.41) is 0. The van der Waals surface area contributed by atoms with Crippen LogP contribution in [0.1, 0.15) is 62.6 Å². The lowest BCUT2D eigenvalue weighted by Crippen LogP contribution is -2.62. The van der Waals surface area contributed by atoms with Crippen molar-refractivity contribution in [1.82, 2.24) is 4.90 Å². The Bertz CT molecular complexity index is 1110. The number of carbonyl (C=O) groups is 2. The van der Waals surface area contributed by atoms with Gasteiger partial charge in [-0.2, -0.15) is 0 Å². The Kier molecular flexibility index (Phi) is 6.71. The maximum Gasteiger partial charge on any atom is 0.410 e. The Morgan fingerprint density at radius 2 is 1.89 bits per heavy atom. The molecule has 6 heteroatoms. The summed E-state index contributed by atoms with van der Waals surface area (Å²) in [6.07, 6.45) is 6.28. The minimum absolute atomic E-state index is 0.0734. The van der Waals surface area contributed by atoms with Gasteiger partial charge in [-0.3, -0.25) is 4.79 Å². The number of benzene rings is 2. The summed E-state index contributed by atoms with van der Waals surface area (Å²) in [6.45, 7) is 4.96. The number of nitrogens with zero attached hydrogens (tertiary/aromatic N) is 1. The number of likely N-dealkylation sites (tertiary alicyclic amines) is 1. The van der Waals surface area contributed by atoms with Crippen molar-refractivity contribution in [1.29, 1.82) is 0 Å². The molecule has 0 spiro atoms. The number of ether oxygens (including phenoxy) is 3. The average Bonchev–Trinajstić information content (AvgIpc) is 2.90. The van der Waals surface area contributed by atoms with Crippen LogP contribution >= 0.6 is 0 Å². The van der Waals surface area contributed by atoms with Gasteiger partial charge in [0, 0.05) is 18.0 Å². The summed E-state index contributed by atoms with van der Waals surface area (Å²) in [6, 6.07) is 16.4. The number of methoxy groups -OCH3 is 1. The SMILES string of the molecule is COC(=O)C(C)(C)COc1ccc2c(c1)[C@@]13CCCC[C@H]1[C@@H](C2)N(C(=O)OCc1ccccc1)CC3. The van der Waals surface area contributed by atoms with E-state index in [-0.39, 0.29) is 30.1 Å². The van der Waals surface area contributed by atoms with Crippen LogP contribution in [0, 0.1) is 11.3 Å². The molecule has 5 rings (SSSR count). The summed E-state index contributed by atoms with van der Waals surface area (Å²) in [5.41, 5.74) is 3.05. The topological polar surface area (TPSA) is 65.1 Å². The van der Waals surface area contributed by atoms with Crippen molar-refractivity contribution >= 4 is 12.1 Å². The summed E-state index contributed by atoms with van der Waals surface area (Å²) >= 11 is 0. The third-order valence-electron chi connectivity index (χ3n) is 8.59. The lowest BCUT2D eigenvalue weighted by molar-refractivity contribution is -0.152. The van der Waals surface area contributed by atoms with Crippen LogP contribution in [0.3, 0.4) is 0 Å². The molecule has 1 aliphatic heterocycles. The highest BCUT2D eigenvalue weighted by atomic mass is 16.6. The normalized spacial score (nSPS) is 24.8. The van der Waals surface area contributed by atoms with E-state index in [1.54, 1.807) is 0 Å². The highest BCUT2D eigenvalue weighted by Crippen LogP contribution is 2.56. The zero-order chi connectivity index (χ0) is 25.3. The second-order valence-corrected chi connectivity index (χ2v) is 11.2. The third-order valence-corrected chi connectivity index (χ3v) is 8.59. The van der Waals surface area contributed by atoms with Gasteiger partial charge in [0.25, 0.3) is 0 Å². The van der Waals surface area contributed by atoms with Gasteiger partial charge in [0.2, 0.25) is 0 Å². The molecular formula is C30H37NO5. The predicted octanol–water partition coefficient (Wildman–Crippen LogP) is 5.66. The van der Waals surface area contributed by atoms with Crippen molar-refractivity contribution < 1.29 is 23.8 Å². The van der Waals surface area contributed by atoms with Crippen LogP contribution in [0.5, 0.6) is 5.75 Å². The minimum Gasteiger partial charge on any atom is -0.492 e. The lowest BCUT2D eigenvalue weighted by Gasteiger charge is -2.58. The van der Waals surface area contributed by atoms with Gasteiger partial charge >= 0.3 is 12.1 Å². The molecule has 0 radical (unpaired) electrons. The second-order valence-electron chi connectivity index (χ2n) is 11.2. The van der Waals surface area contributed by atoms with Crippen LogP contribution in [0.15, 0.2) is 48.5 Å². The van der Waals surface area contributed by atoms with E-state index >= 15 is 0 Å². The minimum atomic E-state index is -0.715. The molecule has 0 unspecified atom stereocenters. The molecule has 1 saturated carbocycles. The molecular weight excluding hydrogens is 454 g/mol. The number of esters is 1. The van der Waals surface area contributed by atoms with Crippen LogP contribution in [0.25, 0.3) is 0 Å². The van der Waals surface area contributed by atoms with Crippen molar-refractivity contribution in [3.8, 4) is 5.75 Å². The molecule has 1 amide bonds. The van der Waals surface area contributed by atoms with Crippen LogP contribution in [-0.2, 0) is 32.7 Å². The molecule has 1 saturated heterocycles. The zero-order valence-electron chi connectivity index (χ0n) is 21.6. The molecule has 3 aliphatic rings. The molecule has 1 heterocycles. The molecule has 2 aromatic carbocycles. The van der Waals surface area contributed by atoms with Gasteiger partial charge in [0.1, 0.15) is 19.0 Å². The molecule has 2 aliphatic carbocycles. The number of carbonyl (C=O) groups excluding carboxylic acids is 2. The Balaban J connectivity index is 1.36. The van der Waals surface area contributed by atoms with E-state index in [0.717, 1.165) is 37.0 Å². The number of piperidine rings is 1. The molecule has 36 heavy (non-hydrogen) atoms. The van der Waals surface area contributed by atoms with Gasteiger partial charge < -0.3 is 19.1 Å². The summed E-state index contributed by atoms with van der Waals surface area (Å²) in [4.78, 5) is 27.3. The largest absolute Gasteiger partial charge is 0.492 e. The van der Waals surface area contributed by atoms with E-state index in [9.17, 15) is 9.59 Å². The van der Waals surface area contributed by atoms with Gasteiger partial charge in [-0.25, -0.2) is 4.79 Å². The van der Waals surface area contributed by atoms with Gasteiger partial charge in [0.05, 0.1) is 12.5 Å². The first-order chi connectivity index (χ1) is 17.3. The first-order valence-electron chi connectivity index (χ1n) is 13.2. The fourth-order valence-electron chi connectivity index (χ4n) is 6.70. The Labute approximate surface area is 213 Å². The average molecular weight is 492 g/mol. The molecule has 2 aromatic rings. The quantitative estimate of drug-likeness (QED) is 0.488. The van der Waals surface area contributed by atoms with Crippen LogP contribution in [0.2, 0.25) is 0 Å². The standard InChI is InChI=1S/C30H37NO5/c1-29(2,27(32)34-3)20-36-23-13-12-22-17-26-24-11-7-8-14-30(24,25(22)18-23)15-16-31(26)28(33)35-19-21-9-5-4-6-10-21/h4-6,9-10,12-13,18,24,26H,7-8,11,14-17,19-20H2,1-3H3/t24-,26+,30+/m0/s1. The molecule has 0 aromatic heterocycles. The second kappa shape index (κ2) is 9.79. The Morgan fingerprint density at radius 1 is 1.08 bits per heavy atom. The first-order valence-corrected chi connectivity index (χ1v) is 13.2. The molecule has 192 valence electrons. The van der Waals surface area contributed by atoms with Gasteiger partial charge in [-0.05, 0) is 74.3 Å². The summed E-state index contributed by atoms with van der Waals surface area (Å²) in [5.74, 6) is 0.951. The molecule has 0 N–H and O–H groups in total. The highest BCUT2D eigenvalue weighted by molar-refractivity contribution is 5.76. The van der Waals surface area contributed by atoms with Gasteiger partial charge in [-0.1, -0.05) is 49.2 Å². The zero-order valence-corrected chi connectivity index (χ0v) is 21.6. The van der Waals surface area contributed by atoms with Gasteiger partial charge in [0.15, 0.2) is 0 Å². The van der Waals surface area contributed by atoms with Crippen molar-refractivity contribution in [2.24, 2.45) is 11.3 Å². The maximum atomic E-state index is 13.2. The van der Waals surface area contributed by atoms with E-state index in [1.165, 1.54) is 31.1 Å². The first kappa shape index (κ1) is 24.7. The van der Waals surface area contributed by atoms with E-state index in [4.69, 9.17) is 14.2 Å². The smallest absolute Gasteiger partial charge is 0.410 e. The number of hydrogen-bond acceptors (Lipinski definition) is 5. The number of amides is 1. The van der Waals surface area contributed by atoms with Crippen LogP contribution in [0.4, 0.5) is 4.79 Å². The van der Waals surface area contributed by atoms with Crippen molar-refractivity contribution in [3.63, 3.8) is 0 Å². The van der Waals surface area contributed by atoms with E-state index in [1.807, 2.05) is 55.1 Å². The predicted molar refractivity (Wildman–Crippen MR) is 137 cm³/mol. The van der Waals surface area contributed by atoms with Gasteiger partial charge in [-0.15, -0.1) is 0 Å². The molecule has 6 nitrogen and oxygen atoms in total. The van der Waals surface area contributed by atoms with E-state index in [2.05, 4.69) is 12.1 Å². The fraction of sp³-hybridized carbons (Fsp3) is 0.533. The van der Waals surface area contributed by atoms with Crippen molar-refractivity contribution in [2.45, 2.75) is 70.4 Å². The maximum absolute atomic E-state index is 13.2. The number of rotatable bonds is 6. The van der Waals surface area contributed by atoms with Crippen molar-refractivity contribution in [2.75, 3.05) is 20.3 Å². The highest BCUT2D eigenvalue weighted by Gasteiger charge is 2.55. The third kappa shape index (κ3) is 4.46. The van der Waals surface area contributed by atoms with E-state index in [0.29, 0.717) is 19.1 Å². The molecule has 3 atom stereocenters. The lowest BCUT2D eigenvalue weighted by atomic mass is 9.52. The number of hydrogen-bond donors (Lipinski definition) is 0. The molecule has 2 bridgehead atoms. The monoisotopic (exact) mass is 491 g/mol. The van der Waals surface area contributed by atoms with Crippen molar-refractivity contribution in [3.05, 3.63) is 65.2 Å². The van der Waals surface area contributed by atoms with Crippen LogP contribution in [-0.4, -0.2) is 43.3 Å². The van der Waals surface area contributed by atoms with Crippen LogP contribution < -0.4 is 4.74 Å². The molecule has 2 fully saturated rings. The van der Waals surface area contributed by atoms with E-state index < -0.39 is 5.41 Å². The summed E-state index contributed by atoms with van der Waals surface area (Å²) < 4.78 is 16.8. The number of fused-ring (bicyclic) bond motifs is 1.